The summed E-state index contributed by atoms with van der Waals surface area (Å²) in [6.07, 6.45) is 1.38. The number of aromatic nitrogens is 3. The summed E-state index contributed by atoms with van der Waals surface area (Å²) in [5.41, 5.74) is 2.00. The van der Waals surface area contributed by atoms with Gasteiger partial charge in [-0.15, -0.1) is 10.2 Å². The predicted molar refractivity (Wildman–Crippen MR) is 84.0 cm³/mol. The molecule has 3 aromatic rings. The molecule has 1 aromatic carbocycles. The van der Waals surface area contributed by atoms with Crippen molar-refractivity contribution in [1.82, 2.24) is 19.9 Å². The second kappa shape index (κ2) is 5.77. The van der Waals surface area contributed by atoms with Crippen LogP contribution in [0.4, 0.5) is 0 Å². The third kappa shape index (κ3) is 2.50. The van der Waals surface area contributed by atoms with Crippen LogP contribution in [-0.2, 0) is 16.1 Å². The molecule has 4 rings (SSSR count). The van der Waals surface area contributed by atoms with Gasteiger partial charge < -0.3 is 10.1 Å². The molecule has 0 fully saturated rings. The molecule has 1 aliphatic heterocycles. The molecule has 1 N–H and O–H groups in total. The number of ether oxygens (including phenoxy) is 1. The van der Waals surface area contributed by atoms with Crippen LogP contribution in [0.25, 0.3) is 5.65 Å². The molecule has 0 radical (unpaired) electrons. The molecule has 0 aliphatic carbocycles. The summed E-state index contributed by atoms with van der Waals surface area (Å²) in [6.45, 7) is 0.256. The Morgan fingerprint density at radius 3 is 2.92 bits per heavy atom. The molecule has 1 aliphatic rings. The summed E-state index contributed by atoms with van der Waals surface area (Å²) >= 11 is 0. The number of carbonyl (C=O) groups excluding carboxylic acids is 2. The number of nitrogens with zero attached hydrogens (tertiary/aromatic N) is 3. The van der Waals surface area contributed by atoms with Gasteiger partial charge in [0.15, 0.2) is 11.5 Å². The second-order valence-electron chi connectivity index (χ2n) is 5.51. The summed E-state index contributed by atoms with van der Waals surface area (Å²) in [7, 11) is 0. The van der Waals surface area contributed by atoms with Crippen LogP contribution in [0.2, 0.25) is 0 Å². The lowest BCUT2D eigenvalue weighted by Gasteiger charge is -2.10. The van der Waals surface area contributed by atoms with E-state index in [9.17, 15) is 9.59 Å². The summed E-state index contributed by atoms with van der Waals surface area (Å²) in [5, 5.41) is 10.9. The van der Waals surface area contributed by atoms with Gasteiger partial charge >= 0.3 is 5.97 Å². The minimum atomic E-state index is -0.538. The molecule has 0 bridgehead atoms. The van der Waals surface area contributed by atoms with Crippen molar-refractivity contribution in [2.45, 2.75) is 19.1 Å². The van der Waals surface area contributed by atoms with E-state index in [1.165, 1.54) is 0 Å². The molecule has 0 saturated heterocycles. The topological polar surface area (TPSA) is 85.6 Å². The van der Waals surface area contributed by atoms with E-state index in [0.29, 0.717) is 11.4 Å². The van der Waals surface area contributed by atoms with Crippen LogP contribution >= 0.6 is 0 Å². The first-order chi connectivity index (χ1) is 11.7. The predicted octanol–water partition coefficient (Wildman–Crippen LogP) is 1.65. The zero-order valence-corrected chi connectivity index (χ0v) is 12.7. The molecular weight excluding hydrogens is 308 g/mol. The van der Waals surface area contributed by atoms with Crippen molar-refractivity contribution in [3.63, 3.8) is 0 Å². The van der Waals surface area contributed by atoms with E-state index in [-0.39, 0.29) is 24.8 Å². The molecule has 0 saturated carbocycles. The SMILES string of the molecule is O=C(CC1OC(=O)c2ccccc21)NCc1nnc2ccccn12. The van der Waals surface area contributed by atoms with Gasteiger partial charge in [-0.05, 0) is 18.2 Å². The van der Waals surface area contributed by atoms with Crippen molar-refractivity contribution >= 4 is 17.5 Å². The maximum atomic E-state index is 12.2. The van der Waals surface area contributed by atoms with E-state index in [1.807, 2.05) is 40.9 Å². The van der Waals surface area contributed by atoms with Crippen LogP contribution < -0.4 is 5.32 Å². The molecular formula is C17H14N4O3. The first-order valence-electron chi connectivity index (χ1n) is 7.57. The zero-order chi connectivity index (χ0) is 16.5. The zero-order valence-electron chi connectivity index (χ0n) is 12.7. The highest BCUT2D eigenvalue weighted by atomic mass is 16.5. The van der Waals surface area contributed by atoms with E-state index in [2.05, 4.69) is 15.5 Å². The Balaban J connectivity index is 1.42. The number of benzene rings is 1. The monoisotopic (exact) mass is 322 g/mol. The van der Waals surface area contributed by atoms with Crippen molar-refractivity contribution < 1.29 is 14.3 Å². The summed E-state index contributed by atoms with van der Waals surface area (Å²) in [6, 6.07) is 12.7. The lowest BCUT2D eigenvalue weighted by molar-refractivity contribution is -0.123. The molecule has 1 unspecified atom stereocenters. The number of esters is 1. The van der Waals surface area contributed by atoms with Gasteiger partial charge in [-0.3, -0.25) is 9.20 Å². The highest BCUT2D eigenvalue weighted by molar-refractivity contribution is 5.94. The second-order valence-corrected chi connectivity index (χ2v) is 5.51. The highest BCUT2D eigenvalue weighted by Crippen LogP contribution is 2.32. The Hall–Kier alpha value is -3.22. The Bertz CT molecular complexity index is 934. The summed E-state index contributed by atoms with van der Waals surface area (Å²) in [5.74, 6) is 0.0480. The first kappa shape index (κ1) is 14.4. The van der Waals surface area contributed by atoms with Crippen molar-refractivity contribution in [1.29, 1.82) is 0 Å². The minimum Gasteiger partial charge on any atom is -0.453 e. The molecule has 7 nitrogen and oxygen atoms in total. The number of nitrogens with one attached hydrogen (secondary N) is 1. The number of carbonyl (C=O) groups is 2. The normalized spacial score (nSPS) is 16.0. The van der Waals surface area contributed by atoms with Gasteiger partial charge in [0.1, 0.15) is 6.10 Å². The van der Waals surface area contributed by atoms with Crippen molar-refractivity contribution in [3.8, 4) is 0 Å². The van der Waals surface area contributed by atoms with E-state index in [1.54, 1.807) is 12.1 Å². The van der Waals surface area contributed by atoms with Gasteiger partial charge in [-0.25, -0.2) is 4.79 Å². The first-order valence-corrected chi connectivity index (χ1v) is 7.57. The third-order valence-corrected chi connectivity index (χ3v) is 3.98. The van der Waals surface area contributed by atoms with Gasteiger partial charge in [0.05, 0.1) is 18.5 Å². The average molecular weight is 322 g/mol. The highest BCUT2D eigenvalue weighted by Gasteiger charge is 2.31. The maximum absolute atomic E-state index is 12.2. The maximum Gasteiger partial charge on any atom is 0.339 e. The Morgan fingerprint density at radius 1 is 1.17 bits per heavy atom. The summed E-state index contributed by atoms with van der Waals surface area (Å²) < 4.78 is 7.09. The Kier molecular flexibility index (Phi) is 3.45. The Labute approximate surface area is 137 Å². The standard InChI is InChI=1S/C17H14N4O3/c22-16(9-13-11-5-1-2-6-12(11)17(23)24-13)18-10-15-20-19-14-7-3-4-8-21(14)15/h1-8,13H,9-10H2,(H,18,22). The fraction of sp³-hybridized carbons (Fsp3) is 0.176. The van der Waals surface area contributed by atoms with E-state index in [0.717, 1.165) is 11.2 Å². The third-order valence-electron chi connectivity index (χ3n) is 3.98. The number of hydrogen-bond donors (Lipinski definition) is 1. The molecule has 1 atom stereocenters. The average Bonchev–Trinajstić information content (AvgIpc) is 3.15. The molecule has 120 valence electrons. The van der Waals surface area contributed by atoms with Crippen LogP contribution in [0.3, 0.4) is 0 Å². The van der Waals surface area contributed by atoms with Crippen LogP contribution in [0.15, 0.2) is 48.7 Å². The lowest BCUT2D eigenvalue weighted by atomic mass is 10.0. The van der Waals surface area contributed by atoms with E-state index < -0.39 is 6.10 Å². The summed E-state index contributed by atoms with van der Waals surface area (Å²) in [4.78, 5) is 24.0. The van der Waals surface area contributed by atoms with Crippen LogP contribution in [0, 0.1) is 0 Å². The quantitative estimate of drug-likeness (QED) is 0.738. The minimum absolute atomic E-state index is 0.0828. The van der Waals surface area contributed by atoms with Gasteiger partial charge in [0.2, 0.25) is 5.91 Å². The number of cyclic esters (lactones) is 1. The number of hydrogen-bond acceptors (Lipinski definition) is 5. The molecule has 0 spiro atoms. The molecule has 7 heteroatoms. The number of amides is 1. The fourth-order valence-electron chi connectivity index (χ4n) is 2.80. The number of pyridine rings is 1. The van der Waals surface area contributed by atoms with Crippen molar-refractivity contribution in [3.05, 3.63) is 65.6 Å². The van der Waals surface area contributed by atoms with Crippen molar-refractivity contribution in [2.24, 2.45) is 0 Å². The van der Waals surface area contributed by atoms with Gasteiger partial charge in [0, 0.05) is 11.8 Å². The molecule has 1 amide bonds. The lowest BCUT2D eigenvalue weighted by Crippen LogP contribution is -2.25. The van der Waals surface area contributed by atoms with Crippen molar-refractivity contribution in [2.75, 3.05) is 0 Å². The van der Waals surface area contributed by atoms with Crippen LogP contribution in [-0.4, -0.2) is 26.5 Å². The van der Waals surface area contributed by atoms with E-state index >= 15 is 0 Å². The Morgan fingerprint density at radius 2 is 2.00 bits per heavy atom. The van der Waals surface area contributed by atoms with E-state index in [4.69, 9.17) is 4.74 Å². The molecule has 2 aromatic heterocycles. The number of fused-ring (bicyclic) bond motifs is 2. The molecule has 3 heterocycles. The van der Waals surface area contributed by atoms with Gasteiger partial charge in [-0.1, -0.05) is 24.3 Å². The smallest absolute Gasteiger partial charge is 0.339 e. The largest absolute Gasteiger partial charge is 0.453 e. The van der Waals surface area contributed by atoms with Crippen LogP contribution in [0.5, 0.6) is 0 Å². The van der Waals surface area contributed by atoms with Crippen LogP contribution in [0.1, 0.15) is 34.3 Å². The molecule has 24 heavy (non-hydrogen) atoms. The number of rotatable bonds is 4. The van der Waals surface area contributed by atoms with Gasteiger partial charge in [-0.2, -0.15) is 0 Å². The fourth-order valence-corrected chi connectivity index (χ4v) is 2.80. The van der Waals surface area contributed by atoms with Gasteiger partial charge in [0.25, 0.3) is 0 Å².